The number of hydrogen-bond acceptors (Lipinski definition) is 2. The Balaban J connectivity index is 1.93. The Morgan fingerprint density at radius 2 is 1.31 bits per heavy atom. The highest BCUT2D eigenvalue weighted by Crippen LogP contribution is 2.52. The molecule has 0 radical (unpaired) electrons. The number of anilines is 3. The van der Waals surface area contributed by atoms with Crippen molar-refractivity contribution in [1.82, 2.24) is 0 Å². The first-order valence-electron chi connectivity index (χ1n) is 7.47. The second kappa shape index (κ2) is 5.78. The van der Waals surface area contributed by atoms with Gasteiger partial charge in [0.2, 0.25) is 0 Å². The third kappa shape index (κ3) is 2.65. The van der Waals surface area contributed by atoms with Crippen molar-refractivity contribution in [2.75, 3.05) is 23.5 Å². The van der Waals surface area contributed by atoms with E-state index in [1.54, 1.807) is 17.0 Å². The standard InChI is InChI=1S/C17H13F7N2/c1-25-10-26(14-5-3-2-4-13(14)25)12-8-6-11(7-9-12)15(18,19)16(20,21)17(22,23)24/h2-9H,10H2,1H3. The molecule has 3 rings (SSSR count). The zero-order valence-electron chi connectivity index (χ0n) is 13.4. The van der Waals surface area contributed by atoms with Crippen LogP contribution in [0.2, 0.25) is 0 Å². The lowest BCUT2D eigenvalue weighted by Gasteiger charge is -2.29. The molecule has 9 heteroatoms. The molecule has 2 nitrogen and oxygen atoms in total. The van der Waals surface area contributed by atoms with E-state index in [2.05, 4.69) is 0 Å². The number of halogens is 7. The fourth-order valence-corrected chi connectivity index (χ4v) is 2.81. The monoisotopic (exact) mass is 378 g/mol. The van der Waals surface area contributed by atoms with Crippen molar-refractivity contribution < 1.29 is 30.7 Å². The van der Waals surface area contributed by atoms with E-state index in [4.69, 9.17) is 0 Å². The Labute approximate surface area is 144 Å². The lowest BCUT2D eigenvalue weighted by Crippen LogP contribution is -2.50. The first-order valence-corrected chi connectivity index (χ1v) is 7.47. The molecule has 1 aliphatic heterocycles. The number of nitrogens with zero attached hydrogens (tertiary/aromatic N) is 2. The van der Waals surface area contributed by atoms with Crippen molar-refractivity contribution in [2.24, 2.45) is 0 Å². The normalized spacial score (nSPS) is 15.4. The van der Waals surface area contributed by atoms with Crippen LogP contribution >= 0.6 is 0 Å². The van der Waals surface area contributed by atoms with E-state index in [-0.39, 0.29) is 0 Å². The molecule has 1 aliphatic rings. The van der Waals surface area contributed by atoms with Crippen LogP contribution in [0, 0.1) is 0 Å². The van der Waals surface area contributed by atoms with E-state index in [1.165, 1.54) is 0 Å². The van der Waals surface area contributed by atoms with Crippen molar-refractivity contribution in [3.8, 4) is 0 Å². The highest BCUT2D eigenvalue weighted by atomic mass is 19.4. The number of para-hydroxylation sites is 2. The second-order valence-electron chi connectivity index (χ2n) is 5.95. The van der Waals surface area contributed by atoms with Gasteiger partial charge in [0.1, 0.15) is 0 Å². The average Bonchev–Trinajstić information content (AvgIpc) is 2.91. The van der Waals surface area contributed by atoms with Gasteiger partial charge in [-0.3, -0.25) is 0 Å². The maximum Gasteiger partial charge on any atom is 0.460 e. The summed E-state index contributed by atoms with van der Waals surface area (Å²) in [6, 6.07) is 10.6. The molecule has 26 heavy (non-hydrogen) atoms. The molecule has 2 aromatic rings. The molecular weight excluding hydrogens is 365 g/mol. The molecule has 140 valence electrons. The van der Waals surface area contributed by atoms with E-state index in [1.807, 2.05) is 24.1 Å². The molecule has 0 aliphatic carbocycles. The molecular formula is C17H13F7N2. The molecule has 0 fully saturated rings. The van der Waals surface area contributed by atoms with Gasteiger partial charge in [0.25, 0.3) is 0 Å². The Morgan fingerprint density at radius 1 is 0.769 bits per heavy atom. The molecule has 1 heterocycles. The van der Waals surface area contributed by atoms with Gasteiger partial charge in [-0.15, -0.1) is 0 Å². The topological polar surface area (TPSA) is 6.48 Å². The third-order valence-corrected chi connectivity index (χ3v) is 4.23. The number of benzene rings is 2. The molecule has 0 spiro atoms. The smallest absolute Gasteiger partial charge is 0.355 e. The van der Waals surface area contributed by atoms with Crippen LogP contribution in [0.1, 0.15) is 5.56 Å². The van der Waals surface area contributed by atoms with E-state index >= 15 is 0 Å². The minimum Gasteiger partial charge on any atom is -0.355 e. The van der Waals surface area contributed by atoms with Gasteiger partial charge in [0, 0.05) is 18.3 Å². The average molecular weight is 378 g/mol. The molecule has 0 N–H and O–H groups in total. The van der Waals surface area contributed by atoms with Crippen LogP contribution in [0.5, 0.6) is 0 Å². The number of fused-ring (bicyclic) bond motifs is 1. The fourth-order valence-electron chi connectivity index (χ4n) is 2.81. The SMILES string of the molecule is CN1CN(c2ccc(C(F)(F)C(F)(F)C(F)(F)F)cc2)c2ccccc21. The first kappa shape index (κ1) is 18.3. The lowest BCUT2D eigenvalue weighted by molar-refractivity contribution is -0.359. The zero-order chi connectivity index (χ0) is 19.3. The first-order chi connectivity index (χ1) is 12.0. The second-order valence-corrected chi connectivity index (χ2v) is 5.95. The fraction of sp³-hybridized carbons (Fsp3) is 0.294. The van der Waals surface area contributed by atoms with Gasteiger partial charge in [0.05, 0.1) is 18.0 Å². The van der Waals surface area contributed by atoms with Crippen LogP contribution in [0.25, 0.3) is 0 Å². The summed E-state index contributed by atoms with van der Waals surface area (Å²) in [7, 11) is 1.81. The predicted octanol–water partition coefficient (Wildman–Crippen LogP) is 5.52. The molecule has 0 amide bonds. The van der Waals surface area contributed by atoms with Gasteiger partial charge in [-0.1, -0.05) is 24.3 Å². The zero-order valence-corrected chi connectivity index (χ0v) is 13.4. The predicted molar refractivity (Wildman–Crippen MR) is 83.2 cm³/mol. The molecule has 0 atom stereocenters. The van der Waals surface area contributed by atoms with Crippen molar-refractivity contribution in [3.63, 3.8) is 0 Å². The van der Waals surface area contributed by atoms with E-state index in [0.717, 1.165) is 23.5 Å². The van der Waals surface area contributed by atoms with Crippen molar-refractivity contribution in [1.29, 1.82) is 0 Å². The van der Waals surface area contributed by atoms with Crippen LogP contribution in [-0.2, 0) is 5.92 Å². The molecule has 2 aromatic carbocycles. The minimum absolute atomic E-state index is 0.383. The Kier molecular flexibility index (Phi) is 4.08. The Hall–Kier alpha value is -2.45. The maximum absolute atomic E-state index is 13.7. The summed E-state index contributed by atoms with van der Waals surface area (Å²) in [5, 5.41) is 0. The van der Waals surface area contributed by atoms with Gasteiger partial charge in [0.15, 0.2) is 0 Å². The van der Waals surface area contributed by atoms with Crippen LogP contribution in [0.15, 0.2) is 48.5 Å². The quantitative estimate of drug-likeness (QED) is 0.649. The van der Waals surface area contributed by atoms with E-state index in [0.29, 0.717) is 24.5 Å². The van der Waals surface area contributed by atoms with Gasteiger partial charge >= 0.3 is 18.0 Å². The van der Waals surface area contributed by atoms with Crippen molar-refractivity contribution in [2.45, 2.75) is 18.0 Å². The van der Waals surface area contributed by atoms with E-state index in [9.17, 15) is 30.7 Å². The summed E-state index contributed by atoms with van der Waals surface area (Å²) in [6.07, 6.45) is -6.36. The molecule has 0 bridgehead atoms. The summed E-state index contributed by atoms with van der Waals surface area (Å²) in [6.45, 7) is 0.383. The van der Waals surface area contributed by atoms with Crippen LogP contribution in [0.4, 0.5) is 47.8 Å². The largest absolute Gasteiger partial charge is 0.460 e. The highest BCUT2D eigenvalue weighted by Gasteiger charge is 2.73. The molecule has 0 saturated carbocycles. The summed E-state index contributed by atoms with van der Waals surface area (Å²) in [5.41, 5.74) is 0.654. The van der Waals surface area contributed by atoms with Crippen LogP contribution in [-0.4, -0.2) is 25.8 Å². The third-order valence-electron chi connectivity index (χ3n) is 4.23. The van der Waals surface area contributed by atoms with Crippen LogP contribution < -0.4 is 9.80 Å². The Bertz CT molecular complexity index is 800. The van der Waals surface area contributed by atoms with Crippen LogP contribution in [0.3, 0.4) is 0 Å². The van der Waals surface area contributed by atoms with Crippen molar-refractivity contribution >= 4 is 17.1 Å². The number of hydrogen-bond donors (Lipinski definition) is 0. The molecule has 0 unspecified atom stereocenters. The summed E-state index contributed by atoms with van der Waals surface area (Å²) >= 11 is 0. The summed E-state index contributed by atoms with van der Waals surface area (Å²) in [4.78, 5) is 3.62. The van der Waals surface area contributed by atoms with E-state index < -0.39 is 23.6 Å². The lowest BCUT2D eigenvalue weighted by atomic mass is 10.0. The molecule has 0 saturated heterocycles. The Morgan fingerprint density at radius 3 is 1.85 bits per heavy atom. The minimum atomic E-state index is -6.36. The van der Waals surface area contributed by atoms with Gasteiger partial charge in [-0.25, -0.2) is 0 Å². The summed E-state index contributed by atoms with van der Waals surface area (Å²) in [5.74, 6) is -11.5. The highest BCUT2D eigenvalue weighted by molar-refractivity contribution is 5.82. The van der Waals surface area contributed by atoms with Gasteiger partial charge in [-0.2, -0.15) is 30.7 Å². The maximum atomic E-state index is 13.7. The van der Waals surface area contributed by atoms with Gasteiger partial charge < -0.3 is 9.80 Å². The molecule has 0 aromatic heterocycles. The number of rotatable bonds is 3. The summed E-state index contributed by atoms with van der Waals surface area (Å²) < 4.78 is 90.7. The number of alkyl halides is 7. The van der Waals surface area contributed by atoms with Crippen molar-refractivity contribution in [3.05, 3.63) is 54.1 Å². The van der Waals surface area contributed by atoms with Gasteiger partial charge in [-0.05, 0) is 24.3 Å².